The smallest absolute Gasteiger partial charge is 0.410 e. The van der Waals surface area contributed by atoms with Gasteiger partial charge in [-0.05, 0) is 93.2 Å². The number of carbonyl (C=O) groups is 3. The van der Waals surface area contributed by atoms with Gasteiger partial charge in [0.2, 0.25) is 8.32 Å². The van der Waals surface area contributed by atoms with Gasteiger partial charge in [0.15, 0.2) is 0 Å². The first-order valence-corrected chi connectivity index (χ1v) is 18.9. The monoisotopic (exact) mass is 644 g/mol. The number of amides is 2. The average Bonchev–Trinajstić information content (AvgIpc) is 3.18. The van der Waals surface area contributed by atoms with Crippen LogP contribution < -0.4 is 9.74 Å². The summed E-state index contributed by atoms with van der Waals surface area (Å²) in [6.07, 6.45) is -0.110. The number of carbonyl (C=O) groups excluding carboxylic acids is 3. The molecular formula is C37H48N2O6Si. The van der Waals surface area contributed by atoms with E-state index in [0.717, 1.165) is 16.9 Å². The first-order chi connectivity index (χ1) is 21.5. The van der Waals surface area contributed by atoms with Crippen molar-refractivity contribution in [1.82, 2.24) is 10.2 Å². The standard InChI is InChI=1S/C37H48N2O6Si/c1-36(2,3)44-35(42)39-24-14-19-32(43-34(41)30-18-13-12-17-29(30)26-15-10-9-11-16-26)31(25-39)38-33(40)27-20-22-28(23-21-27)45-46(7,8)37(4,5)6/h9-13,15-18,20-23,31-32H,14,19,24-25H2,1-8H3,(H,38,40)/t31-,32-/m1/s1. The van der Waals surface area contributed by atoms with Crippen LogP contribution in [-0.2, 0) is 9.47 Å². The second-order valence-corrected chi connectivity index (χ2v) is 19.1. The maximum atomic E-state index is 13.7. The van der Waals surface area contributed by atoms with E-state index in [9.17, 15) is 14.4 Å². The van der Waals surface area contributed by atoms with E-state index in [-0.39, 0.29) is 17.5 Å². The lowest BCUT2D eigenvalue weighted by atomic mass is 9.99. The van der Waals surface area contributed by atoms with Crippen LogP contribution in [0.3, 0.4) is 0 Å². The number of hydrogen-bond acceptors (Lipinski definition) is 6. The maximum absolute atomic E-state index is 13.7. The number of rotatable bonds is 7. The van der Waals surface area contributed by atoms with Crippen LogP contribution in [0.4, 0.5) is 4.79 Å². The van der Waals surface area contributed by atoms with Crippen LogP contribution in [0.25, 0.3) is 11.1 Å². The lowest BCUT2D eigenvalue weighted by Crippen LogP contribution is -2.51. The normalized spacial score (nSPS) is 17.4. The van der Waals surface area contributed by atoms with Crippen LogP contribution in [0.2, 0.25) is 18.1 Å². The molecule has 0 aromatic heterocycles. The number of ether oxygens (including phenoxy) is 2. The van der Waals surface area contributed by atoms with E-state index in [1.807, 2.05) is 75.4 Å². The van der Waals surface area contributed by atoms with Gasteiger partial charge in [-0.3, -0.25) is 4.79 Å². The summed E-state index contributed by atoms with van der Waals surface area (Å²) in [6, 6.07) is 23.4. The number of hydrogen-bond donors (Lipinski definition) is 1. The molecule has 3 aromatic rings. The summed E-state index contributed by atoms with van der Waals surface area (Å²) in [5.74, 6) is -0.0974. The molecule has 0 aliphatic carbocycles. The topological polar surface area (TPSA) is 94.2 Å². The summed E-state index contributed by atoms with van der Waals surface area (Å²) < 4.78 is 18.2. The Morgan fingerprint density at radius 2 is 1.48 bits per heavy atom. The third-order valence-electron chi connectivity index (χ3n) is 8.54. The third kappa shape index (κ3) is 9.00. The van der Waals surface area contributed by atoms with Crippen LogP contribution >= 0.6 is 0 Å². The minimum Gasteiger partial charge on any atom is -0.544 e. The number of benzene rings is 3. The minimum atomic E-state index is -2.04. The molecule has 1 aliphatic heterocycles. The van der Waals surface area contributed by atoms with Gasteiger partial charge in [0.1, 0.15) is 17.5 Å². The van der Waals surface area contributed by atoms with Crippen LogP contribution in [0.1, 0.15) is 75.1 Å². The summed E-state index contributed by atoms with van der Waals surface area (Å²) >= 11 is 0. The van der Waals surface area contributed by atoms with Gasteiger partial charge in [-0.2, -0.15) is 0 Å². The van der Waals surface area contributed by atoms with E-state index in [0.29, 0.717) is 30.5 Å². The number of nitrogens with one attached hydrogen (secondary N) is 1. The summed E-state index contributed by atoms with van der Waals surface area (Å²) in [5, 5.41) is 3.11. The van der Waals surface area contributed by atoms with Crippen LogP contribution in [0.15, 0.2) is 78.9 Å². The Labute approximate surface area is 274 Å². The Morgan fingerprint density at radius 3 is 2.11 bits per heavy atom. The number of likely N-dealkylation sites (tertiary alicyclic amines) is 1. The SMILES string of the molecule is CC(C)(C)OC(=O)N1CCC[C@@H](OC(=O)c2ccccc2-c2ccccc2)[C@H](NC(=O)c2ccc(O[Si](C)(C)C(C)(C)C)cc2)C1. The molecule has 0 saturated carbocycles. The van der Waals surface area contributed by atoms with E-state index in [4.69, 9.17) is 13.9 Å². The number of nitrogens with zero attached hydrogens (tertiary/aromatic N) is 1. The molecule has 8 nitrogen and oxygen atoms in total. The van der Waals surface area contributed by atoms with Gasteiger partial charge in [0.05, 0.1) is 11.6 Å². The molecule has 0 radical (unpaired) electrons. The largest absolute Gasteiger partial charge is 0.544 e. The molecule has 3 aromatic carbocycles. The summed E-state index contributed by atoms with van der Waals surface area (Å²) in [6.45, 7) is 16.9. The molecule has 9 heteroatoms. The van der Waals surface area contributed by atoms with Gasteiger partial charge in [0.25, 0.3) is 5.91 Å². The van der Waals surface area contributed by atoms with Crippen molar-refractivity contribution in [2.45, 2.75) is 90.3 Å². The molecule has 1 aliphatic rings. The highest BCUT2D eigenvalue weighted by Crippen LogP contribution is 2.37. The zero-order valence-corrected chi connectivity index (χ0v) is 29.4. The van der Waals surface area contributed by atoms with Crippen LogP contribution in [0.5, 0.6) is 5.75 Å². The summed E-state index contributed by atoms with van der Waals surface area (Å²) in [7, 11) is -2.04. The predicted octanol–water partition coefficient (Wildman–Crippen LogP) is 8.09. The van der Waals surface area contributed by atoms with Crippen molar-refractivity contribution in [3.63, 3.8) is 0 Å². The predicted molar refractivity (Wildman–Crippen MR) is 184 cm³/mol. The fraction of sp³-hybridized carbons (Fsp3) is 0.432. The van der Waals surface area contributed by atoms with Crippen molar-refractivity contribution in [2.24, 2.45) is 0 Å². The molecule has 1 N–H and O–H groups in total. The molecular weight excluding hydrogens is 597 g/mol. The first-order valence-electron chi connectivity index (χ1n) is 16.0. The fourth-order valence-electron chi connectivity index (χ4n) is 5.01. The van der Waals surface area contributed by atoms with Crippen molar-refractivity contribution < 1.29 is 28.3 Å². The van der Waals surface area contributed by atoms with E-state index in [1.165, 1.54) is 0 Å². The minimum absolute atomic E-state index is 0.0383. The van der Waals surface area contributed by atoms with Crippen molar-refractivity contribution in [1.29, 1.82) is 0 Å². The molecule has 4 rings (SSSR count). The van der Waals surface area contributed by atoms with E-state index in [1.54, 1.807) is 29.2 Å². The molecule has 0 spiro atoms. The molecule has 1 saturated heterocycles. The molecule has 1 heterocycles. The molecule has 1 fully saturated rings. The Kier molecular flexibility index (Phi) is 10.7. The van der Waals surface area contributed by atoms with Gasteiger partial charge in [0, 0.05) is 18.7 Å². The summed E-state index contributed by atoms with van der Waals surface area (Å²) in [5.41, 5.74) is 1.86. The highest BCUT2D eigenvalue weighted by atomic mass is 28.4. The van der Waals surface area contributed by atoms with Gasteiger partial charge in [-0.25, -0.2) is 9.59 Å². The molecule has 0 bridgehead atoms. The lowest BCUT2D eigenvalue weighted by Gasteiger charge is -2.36. The zero-order valence-electron chi connectivity index (χ0n) is 28.4. The van der Waals surface area contributed by atoms with Gasteiger partial charge >= 0.3 is 12.1 Å². The van der Waals surface area contributed by atoms with Crippen LogP contribution in [0, 0.1) is 0 Å². The third-order valence-corrected chi connectivity index (χ3v) is 12.9. The quantitative estimate of drug-likeness (QED) is 0.206. The van der Waals surface area contributed by atoms with Crippen molar-refractivity contribution in [3.8, 4) is 16.9 Å². The second kappa shape index (κ2) is 14.1. The van der Waals surface area contributed by atoms with Crippen molar-refractivity contribution >= 4 is 26.3 Å². The average molecular weight is 645 g/mol. The molecule has 46 heavy (non-hydrogen) atoms. The Bertz CT molecular complexity index is 1510. The van der Waals surface area contributed by atoms with E-state index < -0.39 is 38.1 Å². The highest BCUT2D eigenvalue weighted by molar-refractivity contribution is 6.74. The Balaban J connectivity index is 1.57. The second-order valence-electron chi connectivity index (χ2n) is 14.4. The van der Waals surface area contributed by atoms with Crippen molar-refractivity contribution in [3.05, 3.63) is 90.0 Å². The highest BCUT2D eigenvalue weighted by Gasteiger charge is 2.39. The van der Waals surface area contributed by atoms with E-state index in [2.05, 4.69) is 39.2 Å². The summed E-state index contributed by atoms with van der Waals surface area (Å²) in [4.78, 5) is 42.0. The van der Waals surface area contributed by atoms with Gasteiger partial charge in [-0.15, -0.1) is 0 Å². The Hall–Kier alpha value is -4.11. The molecule has 246 valence electrons. The maximum Gasteiger partial charge on any atom is 0.410 e. The molecule has 2 amide bonds. The van der Waals surface area contributed by atoms with Crippen molar-refractivity contribution in [2.75, 3.05) is 13.1 Å². The Morgan fingerprint density at radius 1 is 0.848 bits per heavy atom. The first kappa shape index (κ1) is 34.8. The fourth-order valence-corrected chi connectivity index (χ4v) is 6.04. The zero-order chi connectivity index (χ0) is 33.7. The van der Waals surface area contributed by atoms with Gasteiger partial charge in [-0.1, -0.05) is 69.3 Å². The number of esters is 1. The molecule has 0 unspecified atom stereocenters. The van der Waals surface area contributed by atoms with E-state index >= 15 is 0 Å². The van der Waals surface area contributed by atoms with Gasteiger partial charge < -0.3 is 24.1 Å². The van der Waals surface area contributed by atoms with Crippen LogP contribution in [-0.4, -0.2) is 62.0 Å². The lowest BCUT2D eigenvalue weighted by molar-refractivity contribution is 0.0128. The molecule has 2 atom stereocenters.